The molecule has 0 bridgehead atoms. The van der Waals surface area contributed by atoms with Crippen LogP contribution < -0.4 is 5.32 Å². The lowest BCUT2D eigenvalue weighted by molar-refractivity contribution is -0.137. The number of aryl methyl sites for hydroxylation is 1. The number of hydrogen-bond acceptors (Lipinski definition) is 4. The van der Waals surface area contributed by atoms with Crippen LogP contribution >= 0.6 is 0 Å². The number of rotatable bonds is 4. The highest BCUT2D eigenvalue weighted by atomic mass is 16.4. The number of fused-ring (bicyclic) bond motifs is 1. The monoisotopic (exact) mass is 357 g/mol. The number of carbonyl (C=O) groups is 2. The number of aromatic nitrogens is 4. The Morgan fingerprint density at radius 1 is 1.35 bits per heavy atom. The molecule has 0 radical (unpaired) electrons. The number of carbonyl (C=O) groups excluding carboxylic acids is 1. The molecule has 2 aromatic rings. The van der Waals surface area contributed by atoms with Crippen molar-refractivity contribution < 1.29 is 14.7 Å². The molecule has 0 spiro atoms. The van der Waals surface area contributed by atoms with E-state index in [1.807, 2.05) is 13.1 Å². The van der Waals surface area contributed by atoms with E-state index < -0.39 is 5.97 Å². The molecule has 8 nitrogen and oxygen atoms in total. The average Bonchev–Trinajstić information content (AvgIpc) is 3.20. The summed E-state index contributed by atoms with van der Waals surface area (Å²) in [5.74, 6) is -0.300. The highest BCUT2D eigenvalue weighted by Crippen LogP contribution is 2.43. The fraction of sp³-hybridized carbons (Fsp3) is 0.556. The molecule has 1 fully saturated rings. The molecule has 1 atom stereocenters. The Kier molecular flexibility index (Phi) is 4.26. The summed E-state index contributed by atoms with van der Waals surface area (Å²) in [6, 6.07) is 0. The number of aliphatic carboxylic acids is 1. The minimum atomic E-state index is -0.988. The molecule has 26 heavy (non-hydrogen) atoms. The van der Waals surface area contributed by atoms with Crippen molar-refractivity contribution in [2.45, 2.75) is 63.8 Å². The van der Waals surface area contributed by atoms with Gasteiger partial charge in [0.25, 0.3) is 0 Å². The third-order valence-corrected chi connectivity index (χ3v) is 5.54. The number of hydrogen-bond donors (Lipinski definition) is 3. The van der Waals surface area contributed by atoms with Crippen LogP contribution in [-0.4, -0.2) is 37.0 Å². The van der Waals surface area contributed by atoms with E-state index in [0.717, 1.165) is 35.4 Å². The molecule has 3 heterocycles. The minimum absolute atomic E-state index is 0.121. The summed E-state index contributed by atoms with van der Waals surface area (Å²) in [5, 5.41) is 23.7. The third kappa shape index (κ3) is 2.89. The van der Waals surface area contributed by atoms with E-state index in [1.54, 1.807) is 0 Å². The highest BCUT2D eigenvalue weighted by Gasteiger charge is 2.35. The lowest BCUT2D eigenvalue weighted by atomic mass is 9.80. The normalized spacial score (nSPS) is 20.7. The number of nitrogens with zero attached hydrogens (tertiary/aromatic N) is 3. The number of nitrogens with one attached hydrogen (secondary N) is 2. The van der Waals surface area contributed by atoms with Crippen LogP contribution in [0.1, 0.15) is 72.9 Å². The molecular formula is C18H23N5O3. The van der Waals surface area contributed by atoms with Crippen LogP contribution in [0.15, 0.2) is 6.20 Å². The lowest BCUT2D eigenvalue weighted by Crippen LogP contribution is -2.26. The smallest absolute Gasteiger partial charge is 0.325 e. The number of amides is 1. The minimum Gasteiger partial charge on any atom is -0.480 e. The van der Waals surface area contributed by atoms with Gasteiger partial charge in [0.1, 0.15) is 12.4 Å². The number of carboxylic acid groups (broad SMARTS) is 1. The van der Waals surface area contributed by atoms with Gasteiger partial charge in [-0.15, -0.1) is 0 Å². The Morgan fingerprint density at radius 3 is 2.85 bits per heavy atom. The first-order valence-corrected chi connectivity index (χ1v) is 9.16. The second-order valence-corrected chi connectivity index (χ2v) is 7.28. The Labute approximate surface area is 151 Å². The maximum atomic E-state index is 12.3. The molecular weight excluding hydrogens is 334 g/mol. The quantitative estimate of drug-likeness (QED) is 0.778. The van der Waals surface area contributed by atoms with E-state index >= 15 is 0 Å². The summed E-state index contributed by atoms with van der Waals surface area (Å²) < 4.78 is 1.37. The van der Waals surface area contributed by atoms with Crippen molar-refractivity contribution in [2.24, 2.45) is 0 Å². The Balaban J connectivity index is 1.76. The van der Waals surface area contributed by atoms with Gasteiger partial charge >= 0.3 is 5.97 Å². The fourth-order valence-corrected chi connectivity index (χ4v) is 4.42. The van der Waals surface area contributed by atoms with E-state index in [1.165, 1.54) is 23.9 Å². The van der Waals surface area contributed by atoms with Gasteiger partial charge in [-0.25, -0.2) is 4.68 Å². The molecule has 4 rings (SSSR count). The molecule has 2 aromatic heterocycles. The second-order valence-electron chi connectivity index (χ2n) is 7.28. The molecule has 0 aromatic carbocycles. The van der Waals surface area contributed by atoms with Crippen molar-refractivity contribution >= 4 is 17.7 Å². The summed E-state index contributed by atoms with van der Waals surface area (Å²) >= 11 is 0. The van der Waals surface area contributed by atoms with Crippen LogP contribution in [0.5, 0.6) is 0 Å². The Hall–Kier alpha value is -2.64. The molecule has 1 aliphatic carbocycles. The van der Waals surface area contributed by atoms with Crippen molar-refractivity contribution in [2.75, 3.05) is 5.32 Å². The van der Waals surface area contributed by atoms with Crippen molar-refractivity contribution in [3.8, 4) is 0 Å². The molecule has 8 heteroatoms. The summed E-state index contributed by atoms with van der Waals surface area (Å²) in [5.41, 5.74) is 3.83. The van der Waals surface area contributed by atoms with Gasteiger partial charge in [0.05, 0.1) is 11.9 Å². The summed E-state index contributed by atoms with van der Waals surface area (Å²) in [4.78, 5) is 23.5. The topological polar surface area (TPSA) is 113 Å². The summed E-state index contributed by atoms with van der Waals surface area (Å²) in [6.07, 6.45) is 8.13. The van der Waals surface area contributed by atoms with Gasteiger partial charge in [0, 0.05) is 35.1 Å². The molecule has 138 valence electrons. The largest absolute Gasteiger partial charge is 0.480 e. The number of aromatic amines is 1. The zero-order valence-electron chi connectivity index (χ0n) is 14.8. The molecule has 1 aliphatic heterocycles. The third-order valence-electron chi connectivity index (χ3n) is 5.54. The molecule has 1 saturated carbocycles. The number of H-pyrrole nitrogens is 1. The molecule has 2 aliphatic rings. The van der Waals surface area contributed by atoms with Crippen molar-refractivity contribution in [1.29, 1.82) is 0 Å². The highest BCUT2D eigenvalue weighted by molar-refractivity contribution is 5.95. The van der Waals surface area contributed by atoms with Crippen molar-refractivity contribution in [3.05, 3.63) is 28.7 Å². The lowest BCUT2D eigenvalue weighted by Gasteiger charge is -2.27. The van der Waals surface area contributed by atoms with Crippen LogP contribution in [0.4, 0.5) is 5.82 Å². The van der Waals surface area contributed by atoms with Gasteiger partial charge in [0.15, 0.2) is 0 Å². The predicted octanol–water partition coefficient (Wildman–Crippen LogP) is 2.52. The van der Waals surface area contributed by atoms with Crippen LogP contribution in [0, 0.1) is 6.92 Å². The maximum Gasteiger partial charge on any atom is 0.325 e. The van der Waals surface area contributed by atoms with E-state index in [9.17, 15) is 9.59 Å². The number of carboxylic acids is 1. The second kappa shape index (κ2) is 6.59. The number of anilines is 1. The summed E-state index contributed by atoms with van der Waals surface area (Å²) in [7, 11) is 0. The maximum absolute atomic E-state index is 12.3. The van der Waals surface area contributed by atoms with Gasteiger partial charge in [0.2, 0.25) is 5.91 Å². The van der Waals surface area contributed by atoms with Crippen LogP contribution in [-0.2, 0) is 16.1 Å². The standard InChI is InChI=1S/C18H23N5O3/c1-10-16-12(7-14(24)20-18(16)23(22-10)9-15(25)26)13-8-19-21-17(13)11-5-3-2-4-6-11/h8,11-12H,2-7,9H2,1H3,(H,19,21)(H,20,24)(H,25,26)/t12-/m0/s1. The van der Waals surface area contributed by atoms with Gasteiger partial charge in [-0.05, 0) is 19.8 Å². The van der Waals surface area contributed by atoms with Crippen molar-refractivity contribution in [1.82, 2.24) is 20.0 Å². The van der Waals surface area contributed by atoms with Gasteiger partial charge in [-0.2, -0.15) is 10.2 Å². The average molecular weight is 357 g/mol. The Morgan fingerprint density at radius 2 is 2.12 bits per heavy atom. The van der Waals surface area contributed by atoms with Gasteiger partial charge < -0.3 is 10.4 Å². The Bertz CT molecular complexity index is 847. The van der Waals surface area contributed by atoms with Gasteiger partial charge in [-0.3, -0.25) is 14.7 Å². The zero-order valence-corrected chi connectivity index (χ0v) is 14.8. The van der Waals surface area contributed by atoms with E-state index in [4.69, 9.17) is 5.11 Å². The van der Waals surface area contributed by atoms with E-state index in [0.29, 0.717) is 18.2 Å². The first-order chi connectivity index (χ1) is 12.5. The molecule has 3 N–H and O–H groups in total. The van der Waals surface area contributed by atoms with Crippen LogP contribution in [0.2, 0.25) is 0 Å². The van der Waals surface area contributed by atoms with Crippen molar-refractivity contribution in [3.63, 3.8) is 0 Å². The predicted molar refractivity (Wildman–Crippen MR) is 94.1 cm³/mol. The fourth-order valence-electron chi connectivity index (χ4n) is 4.42. The van der Waals surface area contributed by atoms with Crippen LogP contribution in [0.25, 0.3) is 0 Å². The van der Waals surface area contributed by atoms with E-state index in [-0.39, 0.29) is 18.4 Å². The summed E-state index contributed by atoms with van der Waals surface area (Å²) in [6.45, 7) is 1.59. The van der Waals surface area contributed by atoms with Crippen LogP contribution in [0.3, 0.4) is 0 Å². The van der Waals surface area contributed by atoms with E-state index in [2.05, 4.69) is 20.6 Å². The SMILES string of the molecule is Cc1nn(CC(=O)O)c2c1[C@H](c1cn[nH]c1C1CCCCC1)CC(=O)N2. The molecule has 0 unspecified atom stereocenters. The van der Waals surface area contributed by atoms with Gasteiger partial charge in [-0.1, -0.05) is 19.3 Å². The first kappa shape index (κ1) is 16.8. The first-order valence-electron chi connectivity index (χ1n) is 9.16. The molecule has 0 saturated heterocycles. The zero-order chi connectivity index (χ0) is 18.3. The molecule has 1 amide bonds.